The van der Waals surface area contributed by atoms with Crippen LogP contribution >= 0.6 is 0 Å². The van der Waals surface area contributed by atoms with Crippen LogP contribution in [0.15, 0.2) is 66.7 Å². The Bertz CT molecular complexity index is 1210. The van der Waals surface area contributed by atoms with Crippen LogP contribution < -0.4 is 9.47 Å². The van der Waals surface area contributed by atoms with Crippen molar-refractivity contribution in [2.75, 3.05) is 20.8 Å². The molecule has 0 radical (unpaired) electrons. The van der Waals surface area contributed by atoms with Gasteiger partial charge in [-0.3, -0.25) is 4.79 Å². The molecule has 34 heavy (non-hydrogen) atoms. The first-order valence-corrected chi connectivity index (χ1v) is 10.8. The van der Waals surface area contributed by atoms with Crippen LogP contribution in [0.3, 0.4) is 0 Å². The molecule has 0 spiro atoms. The number of morpholine rings is 1. The molecule has 3 aromatic carbocycles. The fourth-order valence-corrected chi connectivity index (χ4v) is 4.66. The number of esters is 1. The highest BCUT2D eigenvalue weighted by atomic mass is 19.1. The Morgan fingerprint density at radius 3 is 2.12 bits per heavy atom. The van der Waals surface area contributed by atoms with Gasteiger partial charge in [0.1, 0.15) is 25.0 Å². The van der Waals surface area contributed by atoms with E-state index in [-0.39, 0.29) is 24.1 Å². The SMILES string of the molecule is COc1cc([C@H]2O[C@@H](c3ccc(F)c(OC)c3)N3C2C(=O)OC[C@@H]3c2ccccc2)ccc1F. The molecule has 0 saturated carbocycles. The summed E-state index contributed by atoms with van der Waals surface area (Å²) in [6.07, 6.45) is -1.48. The first kappa shape index (κ1) is 22.3. The van der Waals surface area contributed by atoms with Gasteiger partial charge in [-0.2, -0.15) is 0 Å². The van der Waals surface area contributed by atoms with Crippen molar-refractivity contribution in [2.24, 2.45) is 0 Å². The minimum atomic E-state index is -0.810. The molecule has 8 heteroatoms. The molecular formula is C26H23F2NO5. The molecule has 0 amide bonds. The van der Waals surface area contributed by atoms with Gasteiger partial charge in [0.2, 0.25) is 0 Å². The van der Waals surface area contributed by atoms with E-state index in [1.165, 1.54) is 32.4 Å². The van der Waals surface area contributed by atoms with E-state index in [0.29, 0.717) is 11.1 Å². The summed E-state index contributed by atoms with van der Waals surface area (Å²) in [6.45, 7) is 0.136. The van der Waals surface area contributed by atoms with E-state index in [0.717, 1.165) is 5.56 Å². The fourth-order valence-electron chi connectivity index (χ4n) is 4.66. The fraction of sp³-hybridized carbons (Fsp3) is 0.269. The Balaban J connectivity index is 1.63. The molecule has 2 aliphatic rings. The summed E-state index contributed by atoms with van der Waals surface area (Å²) in [5.41, 5.74) is 2.13. The average Bonchev–Trinajstić information content (AvgIpc) is 3.27. The number of hydrogen-bond acceptors (Lipinski definition) is 6. The van der Waals surface area contributed by atoms with Crippen molar-refractivity contribution in [2.45, 2.75) is 24.4 Å². The van der Waals surface area contributed by atoms with Crippen LogP contribution in [0.25, 0.3) is 0 Å². The normalized spacial score (nSPS) is 24.4. The molecular weight excluding hydrogens is 444 g/mol. The molecule has 0 N–H and O–H groups in total. The topological polar surface area (TPSA) is 57.2 Å². The van der Waals surface area contributed by atoms with Crippen molar-refractivity contribution in [3.05, 3.63) is 95.1 Å². The Labute approximate surface area is 195 Å². The second-order valence-electron chi connectivity index (χ2n) is 8.15. The number of cyclic esters (lactones) is 1. The summed E-state index contributed by atoms with van der Waals surface area (Å²) in [5, 5.41) is 0. The number of halogens is 2. The van der Waals surface area contributed by atoms with Crippen LogP contribution in [0, 0.1) is 11.6 Å². The van der Waals surface area contributed by atoms with Gasteiger partial charge in [0.25, 0.3) is 0 Å². The summed E-state index contributed by atoms with van der Waals surface area (Å²) in [6, 6.07) is 17.4. The molecule has 0 aromatic heterocycles. The summed E-state index contributed by atoms with van der Waals surface area (Å²) in [4.78, 5) is 15.0. The number of hydrogen-bond donors (Lipinski definition) is 0. The molecule has 2 heterocycles. The molecule has 176 valence electrons. The zero-order valence-electron chi connectivity index (χ0n) is 18.6. The van der Waals surface area contributed by atoms with Crippen LogP contribution in [0.5, 0.6) is 11.5 Å². The predicted molar refractivity (Wildman–Crippen MR) is 118 cm³/mol. The lowest BCUT2D eigenvalue weighted by Crippen LogP contribution is -2.49. The summed E-state index contributed by atoms with van der Waals surface area (Å²) < 4.78 is 50.6. The van der Waals surface area contributed by atoms with Crippen molar-refractivity contribution >= 4 is 5.97 Å². The van der Waals surface area contributed by atoms with Crippen LogP contribution in [0.1, 0.15) is 35.1 Å². The van der Waals surface area contributed by atoms with E-state index < -0.39 is 36.0 Å². The van der Waals surface area contributed by atoms with E-state index in [9.17, 15) is 13.6 Å². The third-order valence-electron chi connectivity index (χ3n) is 6.29. The number of carbonyl (C=O) groups excluding carboxylic acids is 1. The van der Waals surface area contributed by atoms with Gasteiger partial charge in [0, 0.05) is 0 Å². The quantitative estimate of drug-likeness (QED) is 0.506. The van der Waals surface area contributed by atoms with Crippen molar-refractivity contribution in [1.29, 1.82) is 0 Å². The highest BCUT2D eigenvalue weighted by Crippen LogP contribution is 2.50. The molecule has 3 aromatic rings. The van der Waals surface area contributed by atoms with Gasteiger partial charge in [0.05, 0.1) is 20.3 Å². The third kappa shape index (κ3) is 3.78. The van der Waals surface area contributed by atoms with E-state index in [4.69, 9.17) is 18.9 Å². The maximum Gasteiger partial charge on any atom is 0.326 e. The van der Waals surface area contributed by atoms with E-state index in [2.05, 4.69) is 0 Å². The van der Waals surface area contributed by atoms with Gasteiger partial charge in [0.15, 0.2) is 23.1 Å². The van der Waals surface area contributed by atoms with Gasteiger partial charge in [-0.25, -0.2) is 13.7 Å². The second kappa shape index (κ2) is 9.04. The monoisotopic (exact) mass is 467 g/mol. The van der Waals surface area contributed by atoms with Crippen molar-refractivity contribution < 1.29 is 32.5 Å². The minimum absolute atomic E-state index is 0.0448. The molecule has 5 rings (SSSR count). The third-order valence-corrected chi connectivity index (χ3v) is 6.29. The van der Waals surface area contributed by atoms with Gasteiger partial charge in [-0.1, -0.05) is 42.5 Å². The van der Waals surface area contributed by atoms with Crippen LogP contribution in [-0.4, -0.2) is 37.7 Å². The predicted octanol–water partition coefficient (Wildman–Crippen LogP) is 4.72. The maximum absolute atomic E-state index is 14.2. The highest BCUT2D eigenvalue weighted by Gasteiger charge is 2.54. The number of ether oxygens (including phenoxy) is 4. The Hall–Kier alpha value is -3.49. The average molecular weight is 467 g/mol. The van der Waals surface area contributed by atoms with Crippen LogP contribution in [-0.2, 0) is 14.3 Å². The van der Waals surface area contributed by atoms with Gasteiger partial charge < -0.3 is 18.9 Å². The lowest BCUT2D eigenvalue weighted by Gasteiger charge is -2.39. The number of nitrogens with zero attached hydrogens (tertiary/aromatic N) is 1. The van der Waals surface area contributed by atoms with Crippen LogP contribution in [0.2, 0.25) is 0 Å². The first-order chi connectivity index (χ1) is 16.5. The van der Waals surface area contributed by atoms with Crippen LogP contribution in [0.4, 0.5) is 8.78 Å². The summed E-state index contributed by atoms with van der Waals surface area (Å²) >= 11 is 0. The van der Waals surface area contributed by atoms with E-state index in [1.807, 2.05) is 35.2 Å². The molecule has 2 saturated heterocycles. The van der Waals surface area contributed by atoms with Crippen molar-refractivity contribution in [1.82, 2.24) is 4.90 Å². The molecule has 2 aliphatic heterocycles. The smallest absolute Gasteiger partial charge is 0.326 e. The zero-order valence-corrected chi connectivity index (χ0v) is 18.6. The summed E-state index contributed by atoms with van der Waals surface area (Å²) in [7, 11) is 2.76. The van der Waals surface area contributed by atoms with Gasteiger partial charge in [-0.05, 0) is 41.0 Å². The number of benzene rings is 3. The van der Waals surface area contributed by atoms with Gasteiger partial charge in [-0.15, -0.1) is 0 Å². The molecule has 0 aliphatic carbocycles. The molecule has 2 fully saturated rings. The second-order valence-corrected chi connectivity index (χ2v) is 8.15. The highest BCUT2D eigenvalue weighted by molar-refractivity contribution is 5.78. The van der Waals surface area contributed by atoms with Crippen molar-refractivity contribution in [3.8, 4) is 11.5 Å². The molecule has 1 unspecified atom stereocenters. The number of fused-ring (bicyclic) bond motifs is 1. The van der Waals surface area contributed by atoms with Crippen molar-refractivity contribution in [3.63, 3.8) is 0 Å². The first-order valence-electron chi connectivity index (χ1n) is 10.8. The Kier molecular flexibility index (Phi) is 5.93. The van der Waals surface area contributed by atoms with Gasteiger partial charge >= 0.3 is 5.97 Å². The number of rotatable bonds is 5. The zero-order chi connectivity index (χ0) is 23.8. The Morgan fingerprint density at radius 1 is 0.853 bits per heavy atom. The molecule has 0 bridgehead atoms. The lowest BCUT2D eigenvalue weighted by atomic mass is 9.96. The Morgan fingerprint density at radius 2 is 1.47 bits per heavy atom. The standard InChI is InChI=1S/C26H23F2NO5/c1-31-21-12-16(8-10-18(21)27)24-23-26(30)33-14-20(15-6-4-3-5-7-15)29(23)25(34-24)17-9-11-19(28)22(13-17)32-2/h3-13,20,23-25H,14H2,1-2H3/t20-,23?,24-,25+/m1/s1. The van der Waals surface area contributed by atoms with E-state index in [1.54, 1.807) is 18.2 Å². The maximum atomic E-state index is 14.2. The lowest BCUT2D eigenvalue weighted by molar-refractivity contribution is -0.163. The number of carbonyl (C=O) groups is 1. The molecule has 4 atom stereocenters. The summed E-state index contributed by atoms with van der Waals surface area (Å²) in [5.74, 6) is -1.35. The number of methoxy groups -OCH3 is 2. The van der Waals surface area contributed by atoms with E-state index >= 15 is 0 Å². The largest absolute Gasteiger partial charge is 0.494 e. The molecule has 6 nitrogen and oxygen atoms in total. The minimum Gasteiger partial charge on any atom is -0.494 e.